The van der Waals surface area contributed by atoms with Gasteiger partial charge in [-0.25, -0.2) is 18.2 Å². The molecule has 0 saturated carbocycles. The Kier molecular flexibility index (Phi) is 5.71. The SMILES string of the molecule is COc1ccc(-n2ccc(C(=O)N(C)C(C)c3cccc(S(N)(=O)=O)c3)n2)cc1. The Hall–Kier alpha value is -3.17. The lowest BCUT2D eigenvalue weighted by Gasteiger charge is -2.25. The summed E-state index contributed by atoms with van der Waals surface area (Å²) in [6.45, 7) is 1.81. The van der Waals surface area contributed by atoms with Gasteiger partial charge in [-0.1, -0.05) is 12.1 Å². The van der Waals surface area contributed by atoms with Crippen LogP contribution in [0.15, 0.2) is 65.7 Å². The van der Waals surface area contributed by atoms with Crippen LogP contribution >= 0.6 is 0 Å². The van der Waals surface area contributed by atoms with Crippen LogP contribution in [0.5, 0.6) is 5.75 Å². The number of amides is 1. The van der Waals surface area contributed by atoms with Crippen molar-refractivity contribution in [3.05, 3.63) is 72.1 Å². The summed E-state index contributed by atoms with van der Waals surface area (Å²) in [6, 6.07) is 14.8. The number of benzene rings is 2. The molecule has 0 aliphatic heterocycles. The van der Waals surface area contributed by atoms with Gasteiger partial charge >= 0.3 is 0 Å². The Morgan fingerprint density at radius 3 is 2.48 bits per heavy atom. The van der Waals surface area contributed by atoms with Crippen molar-refractivity contribution >= 4 is 15.9 Å². The molecule has 1 aromatic heterocycles. The first kappa shape index (κ1) is 20.6. The van der Waals surface area contributed by atoms with E-state index >= 15 is 0 Å². The minimum Gasteiger partial charge on any atom is -0.497 e. The second-order valence-electron chi connectivity index (χ2n) is 6.55. The standard InChI is InChI=1S/C20H22N4O4S/c1-14(15-5-4-6-18(13-15)29(21,26)27)23(2)20(25)19-11-12-24(22-19)16-7-9-17(28-3)10-8-16/h4-14H,1-3H3,(H2,21,26,27). The van der Waals surface area contributed by atoms with Crippen LogP contribution in [-0.2, 0) is 10.0 Å². The summed E-state index contributed by atoms with van der Waals surface area (Å²) in [4.78, 5) is 14.4. The summed E-state index contributed by atoms with van der Waals surface area (Å²) >= 11 is 0. The van der Waals surface area contributed by atoms with E-state index in [1.807, 2.05) is 24.3 Å². The molecule has 0 radical (unpaired) electrons. The van der Waals surface area contributed by atoms with Crippen molar-refractivity contribution in [2.45, 2.75) is 17.9 Å². The molecule has 3 aromatic rings. The summed E-state index contributed by atoms with van der Waals surface area (Å²) in [7, 11) is -0.583. The van der Waals surface area contributed by atoms with Crippen molar-refractivity contribution in [2.24, 2.45) is 5.14 Å². The summed E-state index contributed by atoms with van der Waals surface area (Å²) in [6.07, 6.45) is 1.70. The molecule has 9 heteroatoms. The van der Waals surface area contributed by atoms with Crippen molar-refractivity contribution in [2.75, 3.05) is 14.2 Å². The van der Waals surface area contributed by atoms with E-state index in [1.54, 1.807) is 50.2 Å². The average Bonchev–Trinajstić information content (AvgIpc) is 3.22. The van der Waals surface area contributed by atoms with Gasteiger partial charge in [-0.2, -0.15) is 5.10 Å². The summed E-state index contributed by atoms with van der Waals surface area (Å²) in [5.41, 5.74) is 1.72. The van der Waals surface area contributed by atoms with Crippen LogP contribution in [0.4, 0.5) is 0 Å². The first-order valence-electron chi connectivity index (χ1n) is 8.80. The number of sulfonamides is 1. The predicted molar refractivity (Wildman–Crippen MR) is 108 cm³/mol. The molecule has 0 saturated heterocycles. The Bertz CT molecular complexity index is 1120. The second-order valence-corrected chi connectivity index (χ2v) is 8.11. The van der Waals surface area contributed by atoms with Crippen LogP contribution in [-0.4, -0.2) is 43.2 Å². The lowest BCUT2D eigenvalue weighted by Crippen LogP contribution is -2.30. The third-order valence-electron chi connectivity index (χ3n) is 4.72. The van der Waals surface area contributed by atoms with Gasteiger partial charge in [0.2, 0.25) is 10.0 Å². The number of carbonyl (C=O) groups excluding carboxylic acids is 1. The first-order valence-corrected chi connectivity index (χ1v) is 10.4. The summed E-state index contributed by atoms with van der Waals surface area (Å²) in [5.74, 6) is 0.443. The number of ether oxygens (including phenoxy) is 1. The molecular weight excluding hydrogens is 392 g/mol. The highest BCUT2D eigenvalue weighted by Gasteiger charge is 2.22. The van der Waals surface area contributed by atoms with E-state index in [9.17, 15) is 13.2 Å². The van der Waals surface area contributed by atoms with Gasteiger partial charge in [0.15, 0.2) is 5.69 Å². The van der Waals surface area contributed by atoms with Gasteiger partial charge in [0.25, 0.3) is 5.91 Å². The van der Waals surface area contributed by atoms with E-state index < -0.39 is 10.0 Å². The number of hydrogen-bond donors (Lipinski definition) is 1. The number of aromatic nitrogens is 2. The largest absolute Gasteiger partial charge is 0.497 e. The van der Waals surface area contributed by atoms with Gasteiger partial charge in [-0.15, -0.1) is 0 Å². The van der Waals surface area contributed by atoms with Crippen molar-refractivity contribution < 1.29 is 17.9 Å². The van der Waals surface area contributed by atoms with Crippen LogP contribution < -0.4 is 9.88 Å². The maximum Gasteiger partial charge on any atom is 0.274 e. The average molecular weight is 414 g/mol. The monoisotopic (exact) mass is 414 g/mol. The second kappa shape index (κ2) is 8.06. The third-order valence-corrected chi connectivity index (χ3v) is 5.63. The zero-order valence-electron chi connectivity index (χ0n) is 16.3. The van der Waals surface area contributed by atoms with Crippen molar-refractivity contribution in [3.63, 3.8) is 0 Å². The molecule has 0 aliphatic rings. The van der Waals surface area contributed by atoms with E-state index in [-0.39, 0.29) is 22.5 Å². The normalized spacial score (nSPS) is 12.4. The van der Waals surface area contributed by atoms with E-state index in [0.29, 0.717) is 5.56 Å². The maximum atomic E-state index is 12.9. The zero-order chi connectivity index (χ0) is 21.2. The van der Waals surface area contributed by atoms with E-state index in [4.69, 9.17) is 9.88 Å². The fourth-order valence-corrected chi connectivity index (χ4v) is 3.42. The fraction of sp³-hybridized carbons (Fsp3) is 0.200. The number of nitrogens with zero attached hydrogens (tertiary/aromatic N) is 3. The van der Waals surface area contributed by atoms with Gasteiger partial charge in [0.05, 0.1) is 23.7 Å². The Morgan fingerprint density at radius 2 is 1.86 bits per heavy atom. The van der Waals surface area contributed by atoms with Crippen LogP contribution in [0.3, 0.4) is 0 Å². The molecule has 2 N–H and O–H groups in total. The van der Waals surface area contributed by atoms with E-state index in [0.717, 1.165) is 11.4 Å². The first-order chi connectivity index (χ1) is 13.7. The van der Waals surface area contributed by atoms with Crippen LogP contribution in [0, 0.1) is 0 Å². The Morgan fingerprint density at radius 1 is 1.17 bits per heavy atom. The molecule has 3 rings (SSSR count). The summed E-state index contributed by atoms with van der Waals surface area (Å²) in [5, 5.41) is 9.56. The number of methoxy groups -OCH3 is 1. The van der Waals surface area contributed by atoms with Crippen LogP contribution in [0.1, 0.15) is 29.0 Å². The topological polar surface area (TPSA) is 108 Å². The summed E-state index contributed by atoms with van der Waals surface area (Å²) < 4.78 is 29.9. The zero-order valence-corrected chi connectivity index (χ0v) is 17.1. The predicted octanol–water partition coefficient (Wildman–Crippen LogP) is 2.36. The van der Waals surface area contributed by atoms with Gasteiger partial charge < -0.3 is 9.64 Å². The van der Waals surface area contributed by atoms with Gasteiger partial charge in [0.1, 0.15) is 5.75 Å². The molecule has 0 bridgehead atoms. The molecule has 1 heterocycles. The molecule has 2 aromatic carbocycles. The van der Waals surface area contributed by atoms with Gasteiger partial charge in [-0.3, -0.25) is 4.79 Å². The minimum absolute atomic E-state index is 0.00600. The molecule has 8 nitrogen and oxygen atoms in total. The number of rotatable bonds is 6. The molecule has 0 aliphatic carbocycles. The number of carbonyl (C=O) groups is 1. The highest BCUT2D eigenvalue weighted by atomic mass is 32.2. The van der Waals surface area contributed by atoms with E-state index in [2.05, 4.69) is 5.10 Å². The van der Waals surface area contributed by atoms with Gasteiger partial charge in [0, 0.05) is 13.2 Å². The lowest BCUT2D eigenvalue weighted by molar-refractivity contribution is 0.0736. The molecule has 0 spiro atoms. The maximum absolute atomic E-state index is 12.9. The Balaban J connectivity index is 1.80. The lowest BCUT2D eigenvalue weighted by atomic mass is 10.1. The van der Waals surface area contributed by atoms with Crippen LogP contribution in [0.25, 0.3) is 5.69 Å². The molecule has 152 valence electrons. The molecule has 1 unspecified atom stereocenters. The van der Waals surface area contributed by atoms with Crippen LogP contribution in [0.2, 0.25) is 0 Å². The van der Waals surface area contributed by atoms with Gasteiger partial charge in [-0.05, 0) is 55.0 Å². The third kappa shape index (κ3) is 4.47. The molecule has 1 atom stereocenters. The number of nitrogens with two attached hydrogens (primary N) is 1. The van der Waals surface area contributed by atoms with E-state index in [1.165, 1.54) is 17.0 Å². The number of hydrogen-bond acceptors (Lipinski definition) is 5. The van der Waals surface area contributed by atoms with Crippen molar-refractivity contribution in [1.82, 2.24) is 14.7 Å². The molecule has 29 heavy (non-hydrogen) atoms. The highest BCUT2D eigenvalue weighted by molar-refractivity contribution is 7.89. The smallest absolute Gasteiger partial charge is 0.274 e. The number of primary sulfonamides is 1. The quantitative estimate of drug-likeness (QED) is 0.666. The minimum atomic E-state index is -3.82. The van der Waals surface area contributed by atoms with Crippen molar-refractivity contribution in [3.8, 4) is 11.4 Å². The highest BCUT2D eigenvalue weighted by Crippen LogP contribution is 2.23. The molecule has 0 fully saturated rings. The fourth-order valence-electron chi connectivity index (χ4n) is 2.85. The Labute approximate surface area is 169 Å². The molecular formula is C20H22N4O4S. The molecule has 1 amide bonds. The van der Waals surface area contributed by atoms with Crippen molar-refractivity contribution in [1.29, 1.82) is 0 Å².